The van der Waals surface area contributed by atoms with E-state index in [0.29, 0.717) is 11.3 Å². The molecule has 0 bridgehead atoms. The summed E-state index contributed by atoms with van der Waals surface area (Å²) < 4.78 is 0. The number of hydrogen-bond donors (Lipinski definition) is 3. The van der Waals surface area contributed by atoms with Gasteiger partial charge in [0.05, 0.1) is 0 Å². The van der Waals surface area contributed by atoms with Crippen molar-refractivity contribution >= 4 is 23.3 Å². The van der Waals surface area contributed by atoms with Gasteiger partial charge in [0.1, 0.15) is 0 Å². The van der Waals surface area contributed by atoms with Crippen molar-refractivity contribution in [2.45, 2.75) is 6.92 Å². The van der Waals surface area contributed by atoms with Gasteiger partial charge >= 0.3 is 6.03 Å². The van der Waals surface area contributed by atoms with Crippen LogP contribution in [0.3, 0.4) is 0 Å². The van der Waals surface area contributed by atoms with E-state index in [2.05, 4.69) is 16.0 Å². The number of benzene rings is 2. The van der Waals surface area contributed by atoms with Crippen LogP contribution in [0.15, 0.2) is 48.5 Å². The van der Waals surface area contributed by atoms with Crippen LogP contribution in [0.4, 0.5) is 16.2 Å². The average molecular weight is 283 g/mol. The Morgan fingerprint density at radius 1 is 0.905 bits per heavy atom. The Hall–Kier alpha value is -2.82. The van der Waals surface area contributed by atoms with Crippen LogP contribution >= 0.6 is 0 Å². The number of nitrogens with one attached hydrogen (secondary N) is 3. The van der Waals surface area contributed by atoms with Gasteiger partial charge in [-0.15, -0.1) is 0 Å². The van der Waals surface area contributed by atoms with Crippen LogP contribution in [0.2, 0.25) is 0 Å². The van der Waals surface area contributed by atoms with Crippen molar-refractivity contribution < 1.29 is 9.59 Å². The molecule has 3 amide bonds. The van der Waals surface area contributed by atoms with Gasteiger partial charge in [0.15, 0.2) is 0 Å². The van der Waals surface area contributed by atoms with Gasteiger partial charge in [0, 0.05) is 24.0 Å². The molecule has 0 saturated heterocycles. The Kier molecular flexibility index (Phi) is 4.56. The number of amides is 3. The number of para-hydroxylation sites is 1. The third-order valence-corrected chi connectivity index (χ3v) is 3.03. The first kappa shape index (κ1) is 14.6. The molecule has 5 nitrogen and oxygen atoms in total. The van der Waals surface area contributed by atoms with Crippen molar-refractivity contribution in [3.05, 3.63) is 59.7 Å². The summed E-state index contributed by atoms with van der Waals surface area (Å²) >= 11 is 0. The summed E-state index contributed by atoms with van der Waals surface area (Å²) in [6.07, 6.45) is 0. The standard InChI is InChI=1S/C16H17N3O2/c1-11-5-3-4-6-14(11)19-16(21)18-13-9-7-12(8-10-13)15(20)17-2/h3-10H,1-2H3,(H,17,20)(H2,18,19,21). The summed E-state index contributed by atoms with van der Waals surface area (Å²) in [4.78, 5) is 23.3. The second-order valence-corrected chi connectivity index (χ2v) is 4.55. The quantitative estimate of drug-likeness (QED) is 0.810. The number of urea groups is 1. The molecule has 0 spiro atoms. The number of rotatable bonds is 3. The highest BCUT2D eigenvalue weighted by Gasteiger charge is 2.06. The summed E-state index contributed by atoms with van der Waals surface area (Å²) in [5.74, 6) is -0.161. The number of hydrogen-bond acceptors (Lipinski definition) is 2. The number of anilines is 2. The second kappa shape index (κ2) is 6.56. The molecule has 0 unspecified atom stereocenters. The Balaban J connectivity index is 2.00. The Morgan fingerprint density at radius 2 is 1.57 bits per heavy atom. The lowest BCUT2D eigenvalue weighted by atomic mass is 10.2. The zero-order valence-corrected chi connectivity index (χ0v) is 11.9. The molecule has 0 aliphatic rings. The Labute approximate surface area is 123 Å². The predicted molar refractivity (Wildman–Crippen MR) is 83.7 cm³/mol. The van der Waals surface area contributed by atoms with Gasteiger partial charge in [-0.3, -0.25) is 4.79 Å². The summed E-state index contributed by atoms with van der Waals surface area (Å²) in [6.45, 7) is 1.92. The number of carbonyl (C=O) groups excluding carboxylic acids is 2. The van der Waals surface area contributed by atoms with Crippen LogP contribution < -0.4 is 16.0 Å². The van der Waals surface area contributed by atoms with Crippen molar-refractivity contribution in [2.75, 3.05) is 17.7 Å². The predicted octanol–water partition coefficient (Wildman–Crippen LogP) is 3.00. The molecular weight excluding hydrogens is 266 g/mol. The van der Waals surface area contributed by atoms with E-state index in [1.807, 2.05) is 31.2 Å². The first-order valence-corrected chi connectivity index (χ1v) is 6.56. The smallest absolute Gasteiger partial charge is 0.323 e. The van der Waals surface area contributed by atoms with Gasteiger partial charge < -0.3 is 16.0 Å². The molecule has 0 saturated carbocycles. The fourth-order valence-corrected chi connectivity index (χ4v) is 1.85. The van der Waals surface area contributed by atoms with E-state index in [4.69, 9.17) is 0 Å². The lowest BCUT2D eigenvalue weighted by Gasteiger charge is -2.10. The average Bonchev–Trinajstić information content (AvgIpc) is 2.49. The molecule has 108 valence electrons. The Bertz CT molecular complexity index is 651. The van der Waals surface area contributed by atoms with Crippen molar-refractivity contribution in [3.63, 3.8) is 0 Å². The number of aryl methyl sites for hydroxylation is 1. The van der Waals surface area contributed by atoms with Crippen LogP contribution in [-0.2, 0) is 0 Å². The lowest BCUT2D eigenvalue weighted by molar-refractivity contribution is 0.0963. The molecule has 0 fully saturated rings. The summed E-state index contributed by atoms with van der Waals surface area (Å²) in [5.41, 5.74) is 2.91. The maximum atomic E-state index is 11.9. The first-order valence-electron chi connectivity index (χ1n) is 6.56. The van der Waals surface area contributed by atoms with Crippen molar-refractivity contribution in [1.29, 1.82) is 0 Å². The molecule has 0 atom stereocenters. The van der Waals surface area contributed by atoms with Crippen LogP contribution in [0, 0.1) is 6.92 Å². The highest BCUT2D eigenvalue weighted by molar-refractivity contribution is 6.00. The van der Waals surface area contributed by atoms with Gasteiger partial charge in [-0.1, -0.05) is 18.2 Å². The minimum Gasteiger partial charge on any atom is -0.355 e. The fraction of sp³-hybridized carbons (Fsp3) is 0.125. The third kappa shape index (κ3) is 3.82. The maximum Gasteiger partial charge on any atom is 0.323 e. The third-order valence-electron chi connectivity index (χ3n) is 3.03. The fourth-order valence-electron chi connectivity index (χ4n) is 1.85. The van der Waals surface area contributed by atoms with Crippen molar-refractivity contribution in [1.82, 2.24) is 5.32 Å². The molecule has 0 heterocycles. The molecule has 0 aliphatic carbocycles. The molecule has 2 aromatic carbocycles. The molecular formula is C16H17N3O2. The molecule has 0 radical (unpaired) electrons. The summed E-state index contributed by atoms with van der Waals surface area (Å²) in [5, 5.41) is 8.04. The van der Waals surface area contributed by atoms with E-state index >= 15 is 0 Å². The minimum atomic E-state index is -0.322. The van der Waals surface area contributed by atoms with Crippen LogP contribution in [0.1, 0.15) is 15.9 Å². The maximum absolute atomic E-state index is 11.9. The molecule has 0 aromatic heterocycles. The lowest BCUT2D eigenvalue weighted by Crippen LogP contribution is -2.20. The van der Waals surface area contributed by atoms with Crippen molar-refractivity contribution in [2.24, 2.45) is 0 Å². The monoisotopic (exact) mass is 283 g/mol. The van der Waals surface area contributed by atoms with E-state index in [1.165, 1.54) is 0 Å². The van der Waals surface area contributed by atoms with Gasteiger partial charge in [-0.25, -0.2) is 4.79 Å². The highest BCUT2D eigenvalue weighted by atomic mass is 16.2. The van der Waals surface area contributed by atoms with Crippen molar-refractivity contribution in [3.8, 4) is 0 Å². The SMILES string of the molecule is CNC(=O)c1ccc(NC(=O)Nc2ccccc2C)cc1. The zero-order chi connectivity index (χ0) is 15.2. The normalized spacial score (nSPS) is 9.81. The Morgan fingerprint density at radius 3 is 2.19 bits per heavy atom. The minimum absolute atomic E-state index is 0.161. The van der Waals surface area contributed by atoms with Crippen LogP contribution in [0.25, 0.3) is 0 Å². The zero-order valence-electron chi connectivity index (χ0n) is 11.9. The van der Waals surface area contributed by atoms with Crippen LogP contribution in [-0.4, -0.2) is 19.0 Å². The molecule has 2 rings (SSSR count). The second-order valence-electron chi connectivity index (χ2n) is 4.55. The van der Waals surface area contributed by atoms with Gasteiger partial charge in [0.2, 0.25) is 0 Å². The topological polar surface area (TPSA) is 70.2 Å². The van der Waals surface area contributed by atoms with Gasteiger partial charge in [-0.2, -0.15) is 0 Å². The highest BCUT2D eigenvalue weighted by Crippen LogP contribution is 2.14. The molecule has 2 aromatic rings. The first-order chi connectivity index (χ1) is 10.1. The van der Waals surface area contributed by atoms with E-state index < -0.39 is 0 Å². The molecule has 5 heteroatoms. The van der Waals surface area contributed by atoms with E-state index in [0.717, 1.165) is 11.3 Å². The largest absolute Gasteiger partial charge is 0.355 e. The van der Waals surface area contributed by atoms with E-state index in [-0.39, 0.29) is 11.9 Å². The van der Waals surface area contributed by atoms with Gasteiger partial charge in [0.25, 0.3) is 5.91 Å². The number of carbonyl (C=O) groups is 2. The summed E-state index contributed by atoms with van der Waals surface area (Å²) in [7, 11) is 1.57. The molecule has 0 aliphatic heterocycles. The molecule has 21 heavy (non-hydrogen) atoms. The van der Waals surface area contributed by atoms with E-state index in [9.17, 15) is 9.59 Å². The van der Waals surface area contributed by atoms with Crippen LogP contribution in [0.5, 0.6) is 0 Å². The summed E-state index contributed by atoms with van der Waals surface area (Å²) in [6, 6.07) is 13.9. The molecule has 3 N–H and O–H groups in total. The van der Waals surface area contributed by atoms with Gasteiger partial charge in [-0.05, 0) is 42.8 Å². The van der Waals surface area contributed by atoms with E-state index in [1.54, 1.807) is 31.3 Å².